The SMILES string of the molecule is CN1CCC(CN(C)S(=O)(=O)c2cccc(F)c2N)CC1. The van der Waals surface area contributed by atoms with Crippen molar-refractivity contribution in [1.29, 1.82) is 0 Å². The van der Waals surface area contributed by atoms with Gasteiger partial charge < -0.3 is 10.6 Å². The minimum atomic E-state index is -3.75. The summed E-state index contributed by atoms with van der Waals surface area (Å²) in [6, 6.07) is 3.87. The molecule has 0 spiro atoms. The lowest BCUT2D eigenvalue weighted by atomic mass is 9.97. The Kier molecular flexibility index (Phi) is 4.85. The standard InChI is InChI=1S/C14H22FN3O2S/c1-17-8-6-11(7-9-17)10-18(2)21(19,20)13-5-3-4-12(15)14(13)16/h3-5,11H,6-10,16H2,1-2H3. The Balaban J connectivity index is 2.13. The second kappa shape index (κ2) is 6.29. The van der Waals surface area contributed by atoms with Crippen molar-refractivity contribution in [2.45, 2.75) is 17.7 Å². The number of sulfonamides is 1. The van der Waals surface area contributed by atoms with Crippen LogP contribution in [0.3, 0.4) is 0 Å². The molecule has 118 valence electrons. The van der Waals surface area contributed by atoms with E-state index in [9.17, 15) is 12.8 Å². The van der Waals surface area contributed by atoms with Crippen molar-refractivity contribution in [2.75, 3.05) is 39.5 Å². The minimum absolute atomic E-state index is 0.155. The van der Waals surface area contributed by atoms with Crippen LogP contribution in [0.1, 0.15) is 12.8 Å². The average molecular weight is 315 g/mol. The maximum Gasteiger partial charge on any atom is 0.244 e. The number of nitrogens with zero attached hydrogens (tertiary/aromatic N) is 2. The summed E-state index contributed by atoms with van der Waals surface area (Å²) in [6.45, 7) is 2.38. The Hall–Kier alpha value is -1.18. The fourth-order valence-electron chi connectivity index (χ4n) is 2.62. The Bertz CT molecular complexity index is 598. The lowest BCUT2D eigenvalue weighted by molar-refractivity contribution is 0.202. The molecule has 2 rings (SSSR count). The van der Waals surface area contributed by atoms with Crippen molar-refractivity contribution in [3.8, 4) is 0 Å². The molecule has 0 aromatic heterocycles. The van der Waals surface area contributed by atoms with Gasteiger partial charge in [-0.15, -0.1) is 0 Å². The van der Waals surface area contributed by atoms with Gasteiger partial charge in [0.2, 0.25) is 10.0 Å². The van der Waals surface area contributed by atoms with E-state index in [2.05, 4.69) is 11.9 Å². The summed E-state index contributed by atoms with van der Waals surface area (Å²) in [4.78, 5) is 2.08. The molecule has 1 saturated heterocycles. The molecule has 1 aromatic carbocycles. The van der Waals surface area contributed by atoms with E-state index in [-0.39, 0.29) is 10.6 Å². The molecule has 0 atom stereocenters. The van der Waals surface area contributed by atoms with Gasteiger partial charge in [-0.1, -0.05) is 6.07 Å². The van der Waals surface area contributed by atoms with Gasteiger partial charge in [0.05, 0.1) is 5.69 Å². The summed E-state index contributed by atoms with van der Waals surface area (Å²) < 4.78 is 39.8. The van der Waals surface area contributed by atoms with Crippen LogP contribution in [0.2, 0.25) is 0 Å². The minimum Gasteiger partial charge on any atom is -0.395 e. The summed E-state index contributed by atoms with van der Waals surface area (Å²) in [5.41, 5.74) is 5.26. The first-order valence-electron chi connectivity index (χ1n) is 7.01. The van der Waals surface area contributed by atoms with Crippen LogP contribution in [0.5, 0.6) is 0 Å². The molecular weight excluding hydrogens is 293 g/mol. The van der Waals surface area contributed by atoms with Crippen LogP contribution in [-0.2, 0) is 10.0 Å². The Morgan fingerprint density at radius 2 is 2.00 bits per heavy atom. The fraction of sp³-hybridized carbons (Fsp3) is 0.571. The normalized spacial score (nSPS) is 18.3. The van der Waals surface area contributed by atoms with E-state index < -0.39 is 15.8 Å². The smallest absolute Gasteiger partial charge is 0.244 e. The fourth-order valence-corrected chi connectivity index (χ4v) is 3.99. The van der Waals surface area contributed by atoms with Gasteiger partial charge in [0.15, 0.2) is 0 Å². The van der Waals surface area contributed by atoms with Crippen molar-refractivity contribution in [3.63, 3.8) is 0 Å². The predicted octanol–water partition coefficient (Wildman–Crippen LogP) is 1.37. The van der Waals surface area contributed by atoms with Crippen LogP contribution < -0.4 is 5.73 Å². The lowest BCUT2D eigenvalue weighted by Crippen LogP contribution is -2.38. The Labute approximate surface area is 125 Å². The number of benzene rings is 1. The van der Waals surface area contributed by atoms with Gasteiger partial charge in [0, 0.05) is 13.6 Å². The van der Waals surface area contributed by atoms with E-state index in [0.29, 0.717) is 12.5 Å². The summed E-state index contributed by atoms with van der Waals surface area (Å²) in [7, 11) is -0.165. The molecule has 0 radical (unpaired) electrons. The van der Waals surface area contributed by atoms with E-state index in [1.165, 1.54) is 23.5 Å². The van der Waals surface area contributed by atoms with E-state index in [4.69, 9.17) is 5.73 Å². The maximum atomic E-state index is 13.5. The number of hydrogen-bond acceptors (Lipinski definition) is 4. The number of piperidine rings is 1. The first kappa shape index (κ1) is 16.2. The van der Waals surface area contributed by atoms with Crippen LogP contribution in [0, 0.1) is 11.7 Å². The van der Waals surface area contributed by atoms with Gasteiger partial charge in [-0.25, -0.2) is 17.1 Å². The van der Waals surface area contributed by atoms with Gasteiger partial charge in [-0.2, -0.15) is 0 Å². The molecular formula is C14H22FN3O2S. The third kappa shape index (κ3) is 3.53. The summed E-state index contributed by atoms with van der Waals surface area (Å²) in [5.74, 6) is -0.375. The van der Waals surface area contributed by atoms with Crippen LogP contribution >= 0.6 is 0 Å². The van der Waals surface area contributed by atoms with Crippen LogP contribution in [-0.4, -0.2) is 51.4 Å². The Morgan fingerprint density at radius 3 is 2.62 bits per heavy atom. The highest BCUT2D eigenvalue weighted by molar-refractivity contribution is 7.89. The highest BCUT2D eigenvalue weighted by Crippen LogP contribution is 2.26. The number of halogens is 1. The van der Waals surface area contributed by atoms with E-state index in [1.54, 1.807) is 0 Å². The topological polar surface area (TPSA) is 66.6 Å². The van der Waals surface area contributed by atoms with E-state index >= 15 is 0 Å². The van der Waals surface area contributed by atoms with Gasteiger partial charge >= 0.3 is 0 Å². The molecule has 0 unspecified atom stereocenters. The third-order valence-electron chi connectivity index (χ3n) is 4.05. The summed E-state index contributed by atoms with van der Waals surface area (Å²) in [6.07, 6.45) is 1.93. The number of nitrogen functional groups attached to an aromatic ring is 1. The van der Waals surface area contributed by atoms with Crippen molar-refractivity contribution in [3.05, 3.63) is 24.0 Å². The third-order valence-corrected chi connectivity index (χ3v) is 5.94. The predicted molar refractivity (Wildman–Crippen MR) is 80.8 cm³/mol. The zero-order chi connectivity index (χ0) is 15.6. The molecule has 21 heavy (non-hydrogen) atoms. The molecule has 7 heteroatoms. The van der Waals surface area contributed by atoms with Crippen LogP contribution in [0.4, 0.5) is 10.1 Å². The molecule has 1 aliphatic rings. The first-order chi connectivity index (χ1) is 9.82. The number of para-hydroxylation sites is 1. The van der Waals surface area contributed by atoms with Gasteiger partial charge in [-0.05, 0) is 51.0 Å². The zero-order valence-corrected chi connectivity index (χ0v) is 13.2. The molecule has 2 N–H and O–H groups in total. The summed E-state index contributed by atoms with van der Waals surface area (Å²) in [5, 5.41) is 0. The molecule has 0 aliphatic carbocycles. The van der Waals surface area contributed by atoms with E-state index in [0.717, 1.165) is 32.0 Å². The lowest BCUT2D eigenvalue weighted by Gasteiger charge is -2.31. The molecule has 0 saturated carbocycles. The molecule has 5 nitrogen and oxygen atoms in total. The second-order valence-corrected chi connectivity index (χ2v) is 7.70. The molecule has 1 heterocycles. The molecule has 1 aromatic rings. The van der Waals surface area contributed by atoms with Crippen LogP contribution in [0.25, 0.3) is 0 Å². The summed E-state index contributed by atoms with van der Waals surface area (Å²) >= 11 is 0. The van der Waals surface area contributed by atoms with E-state index in [1.807, 2.05) is 0 Å². The highest BCUT2D eigenvalue weighted by Gasteiger charge is 2.27. The monoisotopic (exact) mass is 315 g/mol. The second-order valence-electron chi connectivity index (χ2n) is 5.68. The molecule has 0 bridgehead atoms. The number of anilines is 1. The number of hydrogen-bond donors (Lipinski definition) is 1. The number of nitrogens with two attached hydrogens (primary N) is 1. The quantitative estimate of drug-likeness (QED) is 0.852. The molecule has 1 aliphatic heterocycles. The van der Waals surface area contributed by atoms with Crippen molar-refractivity contribution in [2.24, 2.45) is 5.92 Å². The van der Waals surface area contributed by atoms with Crippen LogP contribution in [0.15, 0.2) is 23.1 Å². The maximum absolute atomic E-state index is 13.5. The highest BCUT2D eigenvalue weighted by atomic mass is 32.2. The van der Waals surface area contributed by atoms with Crippen molar-refractivity contribution in [1.82, 2.24) is 9.21 Å². The zero-order valence-electron chi connectivity index (χ0n) is 12.4. The number of likely N-dealkylation sites (tertiary alicyclic amines) is 1. The average Bonchev–Trinajstić information content (AvgIpc) is 2.44. The molecule has 1 fully saturated rings. The Morgan fingerprint density at radius 1 is 1.38 bits per heavy atom. The van der Waals surface area contributed by atoms with Gasteiger partial charge in [0.1, 0.15) is 10.7 Å². The van der Waals surface area contributed by atoms with Gasteiger partial charge in [-0.3, -0.25) is 0 Å². The van der Waals surface area contributed by atoms with Crippen molar-refractivity contribution >= 4 is 15.7 Å². The number of rotatable bonds is 4. The largest absolute Gasteiger partial charge is 0.395 e. The van der Waals surface area contributed by atoms with Crippen molar-refractivity contribution < 1.29 is 12.8 Å². The first-order valence-corrected chi connectivity index (χ1v) is 8.45. The molecule has 0 amide bonds. The van der Waals surface area contributed by atoms with Gasteiger partial charge in [0.25, 0.3) is 0 Å².